The molecule has 0 saturated carbocycles. The highest BCUT2D eigenvalue weighted by molar-refractivity contribution is 5.92. The number of carbonyl (C=O) groups is 3. The number of benzene rings is 2. The monoisotopic (exact) mass is 521 g/mol. The first-order chi connectivity index (χ1) is 18.0. The van der Waals surface area contributed by atoms with Crippen molar-refractivity contribution in [3.05, 3.63) is 83.4 Å². The molecule has 2 atom stereocenters. The predicted molar refractivity (Wildman–Crippen MR) is 152 cm³/mol. The van der Waals surface area contributed by atoms with E-state index in [0.717, 1.165) is 35.1 Å². The lowest BCUT2D eigenvalue weighted by molar-refractivity contribution is -0.141. The molecule has 0 bridgehead atoms. The van der Waals surface area contributed by atoms with Gasteiger partial charge in [-0.15, -0.1) is 6.58 Å². The third-order valence-corrected chi connectivity index (χ3v) is 6.09. The summed E-state index contributed by atoms with van der Waals surface area (Å²) in [6, 6.07) is 13.4. The fraction of sp³-hybridized carbons (Fsp3) is 0.452. The SMILES string of the molecule is C=CCN(C(=O)C(Cc1ccccc1)NC(=O)OC(C)(C)C)C(C(=O)NCCCC)c1c(C)cccc1C. The summed E-state index contributed by atoms with van der Waals surface area (Å²) in [5, 5.41) is 5.78. The highest BCUT2D eigenvalue weighted by atomic mass is 16.6. The molecule has 0 radical (unpaired) electrons. The average molecular weight is 522 g/mol. The molecule has 7 heteroatoms. The van der Waals surface area contributed by atoms with Crippen LogP contribution in [-0.4, -0.2) is 47.5 Å². The lowest BCUT2D eigenvalue weighted by Crippen LogP contribution is -2.54. The Bertz CT molecular complexity index is 1070. The molecule has 3 amide bonds. The van der Waals surface area contributed by atoms with Crippen LogP contribution in [0.4, 0.5) is 4.79 Å². The fourth-order valence-electron chi connectivity index (χ4n) is 4.33. The van der Waals surface area contributed by atoms with Gasteiger partial charge < -0.3 is 20.3 Å². The smallest absolute Gasteiger partial charge is 0.408 e. The number of ether oxygens (including phenoxy) is 1. The molecule has 38 heavy (non-hydrogen) atoms. The highest BCUT2D eigenvalue weighted by Crippen LogP contribution is 2.29. The van der Waals surface area contributed by atoms with Crippen LogP contribution in [-0.2, 0) is 20.7 Å². The van der Waals surface area contributed by atoms with E-state index in [4.69, 9.17) is 4.74 Å². The number of unbranched alkanes of at least 4 members (excludes halogenated alkanes) is 1. The van der Waals surface area contributed by atoms with Gasteiger partial charge in [0, 0.05) is 19.5 Å². The normalized spacial score (nSPS) is 12.7. The predicted octanol–water partition coefficient (Wildman–Crippen LogP) is 5.41. The molecule has 2 N–H and O–H groups in total. The molecule has 0 aliphatic heterocycles. The molecule has 0 spiro atoms. The van der Waals surface area contributed by atoms with Crippen LogP contribution >= 0.6 is 0 Å². The molecule has 2 aromatic rings. The zero-order chi connectivity index (χ0) is 28.3. The Morgan fingerprint density at radius 2 is 1.66 bits per heavy atom. The Kier molecular flexibility index (Phi) is 11.6. The van der Waals surface area contributed by atoms with E-state index in [0.29, 0.717) is 6.54 Å². The van der Waals surface area contributed by atoms with E-state index in [1.807, 2.05) is 62.4 Å². The van der Waals surface area contributed by atoms with Crippen molar-refractivity contribution in [2.75, 3.05) is 13.1 Å². The molecular weight excluding hydrogens is 478 g/mol. The Balaban J connectivity index is 2.55. The van der Waals surface area contributed by atoms with Gasteiger partial charge in [0.05, 0.1) is 0 Å². The van der Waals surface area contributed by atoms with Crippen molar-refractivity contribution in [3.8, 4) is 0 Å². The van der Waals surface area contributed by atoms with Gasteiger partial charge in [-0.1, -0.05) is 68.0 Å². The number of alkyl carbamates (subject to hydrolysis) is 1. The van der Waals surface area contributed by atoms with Crippen molar-refractivity contribution >= 4 is 17.9 Å². The number of hydrogen-bond donors (Lipinski definition) is 2. The van der Waals surface area contributed by atoms with Gasteiger partial charge in [0.2, 0.25) is 11.8 Å². The zero-order valence-electron chi connectivity index (χ0n) is 23.7. The van der Waals surface area contributed by atoms with E-state index >= 15 is 0 Å². The lowest BCUT2D eigenvalue weighted by atomic mass is 9.93. The van der Waals surface area contributed by atoms with Gasteiger partial charge in [0.25, 0.3) is 0 Å². The van der Waals surface area contributed by atoms with Crippen molar-refractivity contribution in [3.63, 3.8) is 0 Å². The molecular formula is C31H43N3O4. The molecule has 0 aliphatic carbocycles. The molecule has 0 saturated heterocycles. The number of nitrogens with one attached hydrogen (secondary N) is 2. The largest absolute Gasteiger partial charge is 0.444 e. The van der Waals surface area contributed by atoms with Crippen molar-refractivity contribution in [1.29, 1.82) is 0 Å². The summed E-state index contributed by atoms with van der Waals surface area (Å²) in [5.41, 5.74) is 2.72. The molecule has 2 aromatic carbocycles. The Labute approximate surface area is 227 Å². The first kappa shape index (κ1) is 30.6. The summed E-state index contributed by atoms with van der Waals surface area (Å²) in [6.07, 6.45) is 2.91. The van der Waals surface area contributed by atoms with Gasteiger partial charge in [0.15, 0.2) is 0 Å². The van der Waals surface area contributed by atoms with E-state index < -0.39 is 29.7 Å². The topological polar surface area (TPSA) is 87.7 Å². The number of aryl methyl sites for hydroxylation is 2. The zero-order valence-corrected chi connectivity index (χ0v) is 23.7. The van der Waals surface area contributed by atoms with Crippen LogP contribution in [0.5, 0.6) is 0 Å². The van der Waals surface area contributed by atoms with E-state index in [1.165, 1.54) is 4.90 Å². The van der Waals surface area contributed by atoms with E-state index in [2.05, 4.69) is 24.1 Å². The van der Waals surface area contributed by atoms with Gasteiger partial charge in [-0.05, 0) is 63.3 Å². The maximum Gasteiger partial charge on any atom is 0.408 e. The van der Waals surface area contributed by atoms with Crippen LogP contribution in [0.2, 0.25) is 0 Å². The lowest BCUT2D eigenvalue weighted by Gasteiger charge is -2.35. The van der Waals surface area contributed by atoms with E-state index in [1.54, 1.807) is 26.8 Å². The molecule has 2 unspecified atom stereocenters. The summed E-state index contributed by atoms with van der Waals surface area (Å²) in [7, 11) is 0. The summed E-state index contributed by atoms with van der Waals surface area (Å²) >= 11 is 0. The first-order valence-electron chi connectivity index (χ1n) is 13.3. The minimum atomic E-state index is -0.956. The van der Waals surface area contributed by atoms with Gasteiger partial charge in [-0.2, -0.15) is 0 Å². The van der Waals surface area contributed by atoms with Crippen molar-refractivity contribution in [2.24, 2.45) is 0 Å². The summed E-state index contributed by atoms with van der Waals surface area (Å²) in [5.74, 6) is -0.653. The van der Waals surface area contributed by atoms with E-state index in [9.17, 15) is 14.4 Å². The average Bonchev–Trinajstić information content (AvgIpc) is 2.84. The van der Waals surface area contributed by atoms with Crippen LogP contribution in [0.15, 0.2) is 61.2 Å². The summed E-state index contributed by atoms with van der Waals surface area (Å²) < 4.78 is 5.47. The van der Waals surface area contributed by atoms with Crippen molar-refractivity contribution in [2.45, 2.75) is 78.5 Å². The van der Waals surface area contributed by atoms with Gasteiger partial charge in [-0.3, -0.25) is 9.59 Å². The number of nitrogens with zero attached hydrogens (tertiary/aromatic N) is 1. The second-order valence-electron chi connectivity index (χ2n) is 10.5. The van der Waals surface area contributed by atoms with E-state index in [-0.39, 0.29) is 18.9 Å². The quantitative estimate of drug-likeness (QED) is 0.289. The van der Waals surface area contributed by atoms with Crippen LogP contribution < -0.4 is 10.6 Å². The Morgan fingerprint density at radius 1 is 1.03 bits per heavy atom. The minimum Gasteiger partial charge on any atom is -0.444 e. The third kappa shape index (κ3) is 9.05. The second kappa shape index (κ2) is 14.4. The summed E-state index contributed by atoms with van der Waals surface area (Å²) in [4.78, 5) is 42.2. The van der Waals surface area contributed by atoms with Crippen molar-refractivity contribution < 1.29 is 19.1 Å². The minimum absolute atomic E-state index is 0.125. The molecule has 0 aliphatic rings. The maximum absolute atomic E-state index is 14.2. The van der Waals surface area contributed by atoms with Gasteiger partial charge in [0.1, 0.15) is 17.7 Å². The molecule has 2 rings (SSSR count). The third-order valence-electron chi connectivity index (χ3n) is 6.09. The summed E-state index contributed by atoms with van der Waals surface area (Å²) in [6.45, 7) is 15.7. The highest BCUT2D eigenvalue weighted by Gasteiger charge is 2.37. The molecule has 7 nitrogen and oxygen atoms in total. The van der Waals surface area contributed by atoms with Gasteiger partial charge >= 0.3 is 6.09 Å². The fourth-order valence-corrected chi connectivity index (χ4v) is 4.33. The van der Waals surface area contributed by atoms with Crippen molar-refractivity contribution in [1.82, 2.24) is 15.5 Å². The van der Waals surface area contributed by atoms with Crippen LogP contribution in [0.3, 0.4) is 0 Å². The molecule has 0 heterocycles. The number of amides is 3. The number of carbonyl (C=O) groups excluding carboxylic acids is 3. The molecule has 206 valence electrons. The maximum atomic E-state index is 14.2. The number of rotatable bonds is 12. The molecule has 0 fully saturated rings. The van der Waals surface area contributed by atoms with Crippen LogP contribution in [0.1, 0.15) is 68.8 Å². The van der Waals surface area contributed by atoms with Crippen LogP contribution in [0.25, 0.3) is 0 Å². The van der Waals surface area contributed by atoms with Crippen LogP contribution in [0, 0.1) is 13.8 Å². The molecule has 0 aromatic heterocycles. The second-order valence-corrected chi connectivity index (χ2v) is 10.5. The first-order valence-corrected chi connectivity index (χ1v) is 13.3. The number of hydrogen-bond acceptors (Lipinski definition) is 4. The standard InChI is InChI=1S/C31H43N3O4/c1-8-10-19-32-28(35)27(26-22(3)15-14-16-23(26)4)34(20-9-2)29(36)25(21-24-17-12-11-13-18-24)33-30(37)38-31(5,6)7/h9,11-18,25,27H,2,8,10,19-21H2,1,3-7H3,(H,32,35)(H,33,37). The van der Waals surface area contributed by atoms with Gasteiger partial charge in [-0.25, -0.2) is 4.79 Å². The Hall–Kier alpha value is -3.61. The Morgan fingerprint density at radius 3 is 2.21 bits per heavy atom.